The molecule has 3 atom stereocenters. The lowest BCUT2D eigenvalue weighted by Crippen LogP contribution is -2.45. The van der Waals surface area contributed by atoms with Crippen LogP contribution in [0.2, 0.25) is 0 Å². The summed E-state index contributed by atoms with van der Waals surface area (Å²) in [5.74, 6) is -0.394. The van der Waals surface area contributed by atoms with Gasteiger partial charge in [-0.2, -0.15) is 0 Å². The van der Waals surface area contributed by atoms with Crippen molar-refractivity contribution in [2.75, 3.05) is 13.2 Å². The highest BCUT2D eigenvalue weighted by molar-refractivity contribution is 5.44. The van der Waals surface area contributed by atoms with Crippen molar-refractivity contribution < 1.29 is 18.6 Å². The lowest BCUT2D eigenvalue weighted by atomic mass is 9.60. The number of aliphatic hydroxyl groups is 1. The molecule has 1 N–H and O–H groups in total. The Bertz CT molecular complexity index is 503. The van der Waals surface area contributed by atoms with Crippen LogP contribution in [0.1, 0.15) is 31.7 Å². The summed E-state index contributed by atoms with van der Waals surface area (Å²) in [5.41, 5.74) is 0.00552. The third kappa shape index (κ3) is 1.84. The highest BCUT2D eigenvalue weighted by Gasteiger charge is 2.47. The molecule has 1 aromatic rings. The average Bonchev–Trinajstić information content (AvgIpc) is 2.41. The van der Waals surface area contributed by atoms with Gasteiger partial charge in [0.15, 0.2) is 11.6 Å². The van der Waals surface area contributed by atoms with E-state index < -0.39 is 5.82 Å². The SMILES string of the molecule is CC12CCC(CO)CC1COc1c(F)ccc(F)c12. The molecule has 3 unspecified atom stereocenters. The molecule has 0 spiro atoms. The molecule has 0 bridgehead atoms. The van der Waals surface area contributed by atoms with E-state index in [0.29, 0.717) is 12.2 Å². The number of aliphatic hydroxyl groups excluding tert-OH is 1. The highest BCUT2D eigenvalue weighted by Crippen LogP contribution is 2.52. The molecule has 0 radical (unpaired) electrons. The first-order valence-corrected chi connectivity index (χ1v) is 6.78. The van der Waals surface area contributed by atoms with Gasteiger partial charge in [-0.05, 0) is 37.3 Å². The zero-order valence-electron chi connectivity index (χ0n) is 11.0. The standard InChI is InChI=1S/C15H18F2O2/c1-15-5-4-9(7-18)6-10(15)8-19-14-12(17)3-2-11(16)13(14)15/h2-3,9-10,18H,4-8H2,1H3. The molecule has 3 rings (SSSR count). The minimum Gasteiger partial charge on any atom is -0.490 e. The molecule has 104 valence electrons. The number of hydrogen-bond acceptors (Lipinski definition) is 2. The Morgan fingerprint density at radius 3 is 2.84 bits per heavy atom. The van der Waals surface area contributed by atoms with Gasteiger partial charge in [-0.25, -0.2) is 8.78 Å². The van der Waals surface area contributed by atoms with Crippen molar-refractivity contribution in [3.63, 3.8) is 0 Å². The van der Waals surface area contributed by atoms with Gasteiger partial charge < -0.3 is 9.84 Å². The monoisotopic (exact) mass is 268 g/mol. The summed E-state index contributed by atoms with van der Waals surface area (Å²) < 4.78 is 33.4. The van der Waals surface area contributed by atoms with Gasteiger partial charge in [-0.15, -0.1) is 0 Å². The van der Waals surface area contributed by atoms with Gasteiger partial charge in [0.2, 0.25) is 0 Å². The second-order valence-electron chi connectivity index (χ2n) is 5.98. The molecular formula is C15H18F2O2. The van der Waals surface area contributed by atoms with Crippen molar-refractivity contribution in [2.24, 2.45) is 11.8 Å². The summed E-state index contributed by atoms with van der Waals surface area (Å²) in [6.07, 6.45) is 2.42. The van der Waals surface area contributed by atoms with Crippen LogP contribution in [0.4, 0.5) is 8.78 Å². The molecule has 1 aromatic carbocycles. The average molecular weight is 268 g/mol. The van der Waals surface area contributed by atoms with Crippen molar-refractivity contribution in [3.05, 3.63) is 29.3 Å². The number of halogens is 2. The molecule has 0 saturated heterocycles. The van der Waals surface area contributed by atoms with Gasteiger partial charge >= 0.3 is 0 Å². The summed E-state index contributed by atoms with van der Waals surface area (Å²) in [6, 6.07) is 2.31. The van der Waals surface area contributed by atoms with Gasteiger partial charge in [-0.3, -0.25) is 0 Å². The Hall–Kier alpha value is -1.16. The van der Waals surface area contributed by atoms with Crippen molar-refractivity contribution in [2.45, 2.75) is 31.6 Å². The molecule has 0 amide bonds. The number of fused-ring (bicyclic) bond motifs is 3. The Labute approximate surface area is 111 Å². The van der Waals surface area contributed by atoms with Gasteiger partial charge in [0.05, 0.1) is 6.61 Å². The Morgan fingerprint density at radius 1 is 1.37 bits per heavy atom. The first kappa shape index (κ1) is 12.9. The van der Waals surface area contributed by atoms with Crippen LogP contribution in [0.3, 0.4) is 0 Å². The third-order valence-corrected chi connectivity index (χ3v) is 4.91. The van der Waals surface area contributed by atoms with E-state index in [1.165, 1.54) is 6.07 Å². The summed E-state index contributed by atoms with van der Waals surface area (Å²) in [4.78, 5) is 0. The summed E-state index contributed by atoms with van der Waals surface area (Å²) in [5, 5.41) is 9.28. The van der Waals surface area contributed by atoms with Crippen LogP contribution in [0.15, 0.2) is 12.1 Å². The molecule has 2 aliphatic rings. The highest BCUT2D eigenvalue weighted by atomic mass is 19.1. The van der Waals surface area contributed by atoms with Crippen molar-refractivity contribution in [1.29, 1.82) is 0 Å². The van der Waals surface area contributed by atoms with Crippen molar-refractivity contribution >= 4 is 0 Å². The van der Waals surface area contributed by atoms with Gasteiger partial charge in [-0.1, -0.05) is 6.92 Å². The summed E-state index contributed by atoms with van der Waals surface area (Å²) in [7, 11) is 0. The van der Waals surface area contributed by atoms with Crippen LogP contribution < -0.4 is 4.74 Å². The normalized spacial score (nSPS) is 33.3. The quantitative estimate of drug-likeness (QED) is 0.848. The lowest BCUT2D eigenvalue weighted by molar-refractivity contribution is 0.0471. The van der Waals surface area contributed by atoms with Gasteiger partial charge in [0.1, 0.15) is 5.82 Å². The maximum Gasteiger partial charge on any atom is 0.165 e. The number of ether oxygens (including phenoxy) is 1. The molecule has 2 nitrogen and oxygen atoms in total. The fourth-order valence-electron chi connectivity index (χ4n) is 3.63. The van der Waals surface area contributed by atoms with Crippen LogP contribution in [0, 0.1) is 23.5 Å². The van der Waals surface area contributed by atoms with Gasteiger partial charge in [0, 0.05) is 23.5 Å². The molecule has 4 heteroatoms. The molecule has 1 saturated carbocycles. The van der Waals surface area contributed by atoms with E-state index in [1.54, 1.807) is 0 Å². The van der Waals surface area contributed by atoms with E-state index in [9.17, 15) is 13.9 Å². The molecular weight excluding hydrogens is 250 g/mol. The molecule has 1 aliphatic heterocycles. The fraction of sp³-hybridized carbons (Fsp3) is 0.600. The molecule has 1 heterocycles. The second kappa shape index (κ2) is 4.44. The minimum absolute atomic E-state index is 0.0844. The molecule has 1 fully saturated rings. The van der Waals surface area contributed by atoms with E-state index in [-0.39, 0.29) is 35.4 Å². The van der Waals surface area contributed by atoms with Crippen LogP contribution in [-0.2, 0) is 5.41 Å². The van der Waals surface area contributed by atoms with E-state index >= 15 is 0 Å². The smallest absolute Gasteiger partial charge is 0.165 e. The predicted octanol–water partition coefficient (Wildman–Crippen LogP) is 3.02. The predicted molar refractivity (Wildman–Crippen MR) is 67.1 cm³/mol. The molecule has 0 aromatic heterocycles. The summed E-state index contributed by atoms with van der Waals surface area (Å²) >= 11 is 0. The van der Waals surface area contributed by atoms with Crippen LogP contribution in [0.25, 0.3) is 0 Å². The number of benzene rings is 1. The fourth-order valence-corrected chi connectivity index (χ4v) is 3.63. The summed E-state index contributed by atoms with van der Waals surface area (Å²) in [6.45, 7) is 2.56. The largest absolute Gasteiger partial charge is 0.490 e. The van der Waals surface area contributed by atoms with E-state index in [4.69, 9.17) is 4.74 Å². The van der Waals surface area contributed by atoms with E-state index in [0.717, 1.165) is 25.3 Å². The first-order valence-electron chi connectivity index (χ1n) is 6.78. The minimum atomic E-state index is -0.486. The number of rotatable bonds is 1. The Kier molecular flexibility index (Phi) is 3.01. The van der Waals surface area contributed by atoms with Crippen molar-refractivity contribution in [1.82, 2.24) is 0 Å². The Morgan fingerprint density at radius 2 is 2.11 bits per heavy atom. The molecule has 1 aliphatic carbocycles. The van der Waals surface area contributed by atoms with Crippen LogP contribution in [-0.4, -0.2) is 18.3 Å². The lowest BCUT2D eigenvalue weighted by Gasteiger charge is -2.47. The zero-order chi connectivity index (χ0) is 13.6. The van der Waals surface area contributed by atoms with Crippen LogP contribution >= 0.6 is 0 Å². The van der Waals surface area contributed by atoms with Crippen LogP contribution in [0.5, 0.6) is 5.75 Å². The Balaban J connectivity index is 2.06. The first-order chi connectivity index (χ1) is 9.06. The second-order valence-corrected chi connectivity index (χ2v) is 5.98. The maximum atomic E-state index is 14.2. The van der Waals surface area contributed by atoms with E-state index in [1.807, 2.05) is 6.92 Å². The molecule has 19 heavy (non-hydrogen) atoms. The van der Waals surface area contributed by atoms with Gasteiger partial charge in [0.25, 0.3) is 0 Å². The van der Waals surface area contributed by atoms with Crippen molar-refractivity contribution in [3.8, 4) is 5.75 Å². The van der Waals surface area contributed by atoms with E-state index in [2.05, 4.69) is 0 Å². The topological polar surface area (TPSA) is 29.5 Å². The number of hydrogen-bond donors (Lipinski definition) is 1. The maximum absolute atomic E-state index is 14.2. The third-order valence-electron chi connectivity index (χ3n) is 4.91. The zero-order valence-corrected chi connectivity index (χ0v) is 11.0.